The molecule has 2 bridgehead atoms. The zero-order valence-electron chi connectivity index (χ0n) is 8.72. The van der Waals surface area contributed by atoms with Crippen LogP contribution >= 0.6 is 0 Å². The first-order valence-corrected chi connectivity index (χ1v) is 5.78. The Balaban J connectivity index is 2.02. The third-order valence-corrected chi connectivity index (χ3v) is 4.35. The van der Waals surface area contributed by atoms with Crippen molar-refractivity contribution >= 4 is 0 Å². The Morgan fingerprint density at radius 1 is 1.29 bits per heavy atom. The molecule has 1 heteroatoms. The van der Waals surface area contributed by atoms with Crippen molar-refractivity contribution in [1.29, 1.82) is 0 Å². The quantitative estimate of drug-likeness (QED) is 0.570. The summed E-state index contributed by atoms with van der Waals surface area (Å²) in [5, 5.41) is 0. The normalized spacial score (nSPS) is 46.6. The van der Waals surface area contributed by atoms with Gasteiger partial charge in [0.05, 0.1) is 11.7 Å². The molecule has 3 aliphatic rings. The average molecular weight is 190 g/mol. The van der Waals surface area contributed by atoms with Crippen LogP contribution in [0.3, 0.4) is 0 Å². The lowest BCUT2D eigenvalue weighted by molar-refractivity contribution is -0.0583. The van der Waals surface area contributed by atoms with E-state index in [-0.39, 0.29) is 5.60 Å². The molecule has 3 fully saturated rings. The van der Waals surface area contributed by atoms with Crippen molar-refractivity contribution in [2.45, 2.75) is 50.2 Å². The Labute approximate surface area is 85.8 Å². The highest BCUT2D eigenvalue weighted by Gasteiger charge is 2.54. The van der Waals surface area contributed by atoms with E-state index >= 15 is 0 Å². The van der Waals surface area contributed by atoms with Gasteiger partial charge in [-0.15, -0.1) is 0 Å². The lowest BCUT2D eigenvalue weighted by atomic mass is 9.71. The lowest BCUT2D eigenvalue weighted by Gasteiger charge is -2.43. The molecule has 1 nitrogen and oxygen atoms in total. The van der Waals surface area contributed by atoms with Crippen LogP contribution in [0.2, 0.25) is 0 Å². The summed E-state index contributed by atoms with van der Waals surface area (Å²) in [5.74, 6) is 0.744. The van der Waals surface area contributed by atoms with Gasteiger partial charge in [0.15, 0.2) is 0 Å². The van der Waals surface area contributed by atoms with Crippen LogP contribution in [-0.4, -0.2) is 11.7 Å². The van der Waals surface area contributed by atoms with Gasteiger partial charge in [-0.25, -0.2) is 0 Å². The van der Waals surface area contributed by atoms with Crippen molar-refractivity contribution in [3.63, 3.8) is 0 Å². The fourth-order valence-electron chi connectivity index (χ4n) is 3.63. The maximum atomic E-state index is 6.21. The van der Waals surface area contributed by atoms with Gasteiger partial charge in [0, 0.05) is 0 Å². The summed E-state index contributed by atoms with van der Waals surface area (Å²) < 4.78 is 6.21. The van der Waals surface area contributed by atoms with E-state index in [9.17, 15) is 0 Å². The van der Waals surface area contributed by atoms with E-state index in [0.717, 1.165) is 12.3 Å². The van der Waals surface area contributed by atoms with Crippen molar-refractivity contribution in [1.82, 2.24) is 0 Å². The largest absolute Gasteiger partial charge is 0.366 e. The minimum Gasteiger partial charge on any atom is -0.366 e. The van der Waals surface area contributed by atoms with Crippen LogP contribution in [0.15, 0.2) is 24.3 Å². The third-order valence-electron chi connectivity index (χ3n) is 4.35. The maximum Gasteiger partial charge on any atom is 0.0960 e. The molecule has 2 saturated heterocycles. The Morgan fingerprint density at radius 2 is 2.14 bits per heavy atom. The summed E-state index contributed by atoms with van der Waals surface area (Å²) in [6.07, 6.45) is 7.93. The van der Waals surface area contributed by atoms with Crippen molar-refractivity contribution in [3.05, 3.63) is 24.3 Å². The third kappa shape index (κ3) is 0.939. The second-order valence-electron chi connectivity index (χ2n) is 5.09. The van der Waals surface area contributed by atoms with Gasteiger partial charge in [-0.2, -0.15) is 0 Å². The highest BCUT2D eigenvalue weighted by molar-refractivity contribution is 5.40. The van der Waals surface area contributed by atoms with E-state index in [0.29, 0.717) is 6.10 Å². The Hall–Kier alpha value is -0.560. The van der Waals surface area contributed by atoms with Gasteiger partial charge >= 0.3 is 0 Å². The van der Waals surface area contributed by atoms with Crippen molar-refractivity contribution in [3.8, 4) is 0 Å². The number of hydrogen-bond acceptors (Lipinski definition) is 1. The van der Waals surface area contributed by atoms with Gasteiger partial charge in [-0.05, 0) is 42.7 Å². The highest BCUT2D eigenvalue weighted by Crippen LogP contribution is 2.55. The second kappa shape index (κ2) is 2.73. The summed E-state index contributed by atoms with van der Waals surface area (Å²) in [4.78, 5) is 0. The summed E-state index contributed by atoms with van der Waals surface area (Å²) in [6.45, 7) is 8.37. The van der Waals surface area contributed by atoms with Gasteiger partial charge in [-0.3, -0.25) is 0 Å². The van der Waals surface area contributed by atoms with Crippen LogP contribution in [0.25, 0.3) is 0 Å². The molecule has 0 aromatic rings. The lowest BCUT2D eigenvalue weighted by Crippen LogP contribution is -2.42. The fraction of sp³-hybridized carbons (Fsp3) is 0.692. The topological polar surface area (TPSA) is 9.23 Å². The van der Waals surface area contributed by atoms with E-state index in [1.165, 1.54) is 43.3 Å². The molecule has 3 rings (SSSR count). The minimum absolute atomic E-state index is 0.0260. The Morgan fingerprint density at radius 3 is 3.00 bits per heavy atom. The average Bonchev–Trinajstić information content (AvgIpc) is 2.50. The van der Waals surface area contributed by atoms with Crippen LogP contribution in [0.1, 0.15) is 38.5 Å². The summed E-state index contributed by atoms with van der Waals surface area (Å²) in [5.41, 5.74) is 2.50. The van der Waals surface area contributed by atoms with Crippen LogP contribution < -0.4 is 0 Å². The molecule has 3 unspecified atom stereocenters. The van der Waals surface area contributed by atoms with Gasteiger partial charge in [0.2, 0.25) is 0 Å². The minimum atomic E-state index is 0.0260. The van der Waals surface area contributed by atoms with Crippen LogP contribution in [0.4, 0.5) is 0 Å². The zero-order valence-corrected chi connectivity index (χ0v) is 8.72. The van der Waals surface area contributed by atoms with E-state index in [2.05, 4.69) is 13.2 Å². The molecule has 1 saturated carbocycles. The molecule has 1 aliphatic carbocycles. The standard InChI is InChI=1S/C13H18O/c1-9-7-12-8-11-5-3-4-6-13(11,14-12)10(9)2/h11-12H,1-8H2. The number of hydrogen-bond donors (Lipinski definition) is 0. The van der Waals surface area contributed by atoms with Gasteiger partial charge in [-0.1, -0.05) is 26.0 Å². The second-order valence-corrected chi connectivity index (χ2v) is 5.09. The van der Waals surface area contributed by atoms with E-state index in [4.69, 9.17) is 4.74 Å². The van der Waals surface area contributed by atoms with E-state index < -0.39 is 0 Å². The Kier molecular flexibility index (Phi) is 1.70. The highest BCUT2D eigenvalue weighted by atomic mass is 16.5. The molecule has 2 aliphatic heterocycles. The van der Waals surface area contributed by atoms with Crippen LogP contribution in [-0.2, 0) is 4.74 Å². The molecule has 0 N–H and O–H groups in total. The van der Waals surface area contributed by atoms with E-state index in [1.807, 2.05) is 0 Å². The smallest absolute Gasteiger partial charge is 0.0960 e. The summed E-state index contributed by atoms with van der Waals surface area (Å²) in [7, 11) is 0. The predicted octanol–water partition coefficient (Wildman–Crippen LogP) is 3.22. The first-order valence-electron chi connectivity index (χ1n) is 5.78. The van der Waals surface area contributed by atoms with Crippen LogP contribution in [0, 0.1) is 5.92 Å². The zero-order chi connectivity index (χ0) is 9.76. The van der Waals surface area contributed by atoms with Gasteiger partial charge < -0.3 is 4.74 Å². The van der Waals surface area contributed by atoms with Gasteiger partial charge in [0.1, 0.15) is 0 Å². The molecule has 0 aromatic heterocycles. The number of ether oxygens (including phenoxy) is 1. The molecule has 76 valence electrons. The van der Waals surface area contributed by atoms with E-state index in [1.54, 1.807) is 0 Å². The summed E-state index contributed by atoms with van der Waals surface area (Å²) >= 11 is 0. The predicted molar refractivity (Wildman–Crippen MR) is 57.1 cm³/mol. The molecule has 0 amide bonds. The van der Waals surface area contributed by atoms with Crippen molar-refractivity contribution in [2.75, 3.05) is 0 Å². The molecule has 2 heterocycles. The SMILES string of the molecule is C=C1CC2CC3CCCCC3(O2)C1=C. The first-order chi connectivity index (χ1) is 6.72. The van der Waals surface area contributed by atoms with Gasteiger partial charge in [0.25, 0.3) is 0 Å². The van der Waals surface area contributed by atoms with Crippen molar-refractivity contribution < 1.29 is 4.74 Å². The summed E-state index contributed by atoms with van der Waals surface area (Å²) in [6, 6.07) is 0. The molecule has 3 atom stereocenters. The molecule has 0 aromatic carbocycles. The molecule has 14 heavy (non-hydrogen) atoms. The number of rotatable bonds is 0. The first kappa shape index (κ1) is 8.72. The van der Waals surface area contributed by atoms with Crippen molar-refractivity contribution in [2.24, 2.45) is 5.92 Å². The molecular formula is C13H18O. The molecule has 0 radical (unpaired) electrons. The fourth-order valence-corrected chi connectivity index (χ4v) is 3.63. The number of fused-ring (bicyclic) bond motifs is 1. The van der Waals surface area contributed by atoms with Crippen LogP contribution in [0.5, 0.6) is 0 Å². The molecule has 1 spiro atoms. The Bertz CT molecular complexity index is 304. The molecular weight excluding hydrogens is 172 g/mol. The monoisotopic (exact) mass is 190 g/mol. The maximum absolute atomic E-state index is 6.21.